The lowest BCUT2D eigenvalue weighted by molar-refractivity contribution is 0.135. The number of para-hydroxylation sites is 1. The van der Waals surface area contributed by atoms with Crippen molar-refractivity contribution in [1.29, 1.82) is 0 Å². The van der Waals surface area contributed by atoms with Crippen LogP contribution in [0, 0.1) is 0 Å². The summed E-state index contributed by atoms with van der Waals surface area (Å²) in [4.78, 5) is 8.00. The third kappa shape index (κ3) is 2.36. The summed E-state index contributed by atoms with van der Waals surface area (Å²) in [6.45, 7) is 4.10. The summed E-state index contributed by atoms with van der Waals surface area (Å²) in [5, 5.41) is 0.234. The normalized spacial score (nSPS) is 15.7. The molecule has 2 aromatic rings. The van der Waals surface area contributed by atoms with Gasteiger partial charge in [-0.15, -0.1) is 0 Å². The van der Waals surface area contributed by atoms with E-state index in [0.717, 1.165) is 17.7 Å². The summed E-state index contributed by atoms with van der Waals surface area (Å²) < 4.78 is 11.6. The van der Waals surface area contributed by atoms with Gasteiger partial charge in [0.1, 0.15) is 5.60 Å². The van der Waals surface area contributed by atoms with Crippen molar-refractivity contribution < 1.29 is 9.47 Å². The number of hydrogen-bond acceptors (Lipinski definition) is 4. The number of hydrogen-bond donors (Lipinski definition) is 0. The van der Waals surface area contributed by atoms with Crippen LogP contribution in [0.5, 0.6) is 17.4 Å². The average molecular weight is 277 g/mol. The molecule has 0 spiro atoms. The maximum Gasteiger partial charge on any atom is 0.257 e. The molecule has 98 valence electrons. The van der Waals surface area contributed by atoms with E-state index in [9.17, 15) is 0 Å². The first-order valence-electron chi connectivity index (χ1n) is 6.00. The van der Waals surface area contributed by atoms with Crippen molar-refractivity contribution in [3.63, 3.8) is 0 Å². The van der Waals surface area contributed by atoms with E-state index in [1.807, 2.05) is 32.0 Å². The molecule has 2 heterocycles. The second kappa shape index (κ2) is 4.38. The smallest absolute Gasteiger partial charge is 0.257 e. The molecule has 1 aliphatic rings. The molecule has 1 aliphatic heterocycles. The molecule has 0 bridgehead atoms. The van der Waals surface area contributed by atoms with Crippen LogP contribution in [0.25, 0.3) is 0 Å². The molecular formula is C14H13ClN2O2. The third-order valence-electron chi connectivity index (χ3n) is 2.88. The van der Waals surface area contributed by atoms with Gasteiger partial charge < -0.3 is 9.47 Å². The molecule has 0 saturated carbocycles. The molecule has 0 aliphatic carbocycles. The highest BCUT2D eigenvalue weighted by atomic mass is 35.5. The predicted octanol–water partition coefficient (Wildman–Crippen LogP) is 3.64. The van der Waals surface area contributed by atoms with Crippen LogP contribution in [0.15, 0.2) is 30.6 Å². The molecule has 3 rings (SSSR count). The van der Waals surface area contributed by atoms with Crippen molar-refractivity contribution in [1.82, 2.24) is 9.97 Å². The molecule has 0 radical (unpaired) electrons. The fraction of sp³-hybridized carbons (Fsp3) is 0.286. The number of nitrogens with zero attached hydrogens (tertiary/aromatic N) is 2. The van der Waals surface area contributed by atoms with Crippen LogP contribution >= 0.6 is 11.6 Å². The Morgan fingerprint density at radius 1 is 1.26 bits per heavy atom. The standard InChI is InChI=1S/C14H13ClN2O2/c1-14(2)8-9-4-3-5-10(11(9)19-14)18-13-12(15)16-6-7-17-13/h3-7H,8H2,1-2H3. The van der Waals surface area contributed by atoms with Gasteiger partial charge in [0.25, 0.3) is 5.88 Å². The van der Waals surface area contributed by atoms with Crippen molar-refractivity contribution in [3.05, 3.63) is 41.3 Å². The Morgan fingerprint density at radius 2 is 2.05 bits per heavy atom. The lowest BCUT2D eigenvalue weighted by atomic mass is 10.0. The fourth-order valence-corrected chi connectivity index (χ4v) is 2.29. The highest BCUT2D eigenvalue weighted by Crippen LogP contribution is 2.43. The van der Waals surface area contributed by atoms with Crippen LogP contribution in [-0.2, 0) is 6.42 Å². The second-order valence-electron chi connectivity index (χ2n) is 5.04. The summed E-state index contributed by atoms with van der Waals surface area (Å²) in [6, 6.07) is 5.81. The Kier molecular flexibility index (Phi) is 2.82. The molecule has 1 aromatic heterocycles. The maximum absolute atomic E-state index is 5.94. The second-order valence-corrected chi connectivity index (χ2v) is 5.40. The van der Waals surface area contributed by atoms with Crippen molar-refractivity contribution in [3.8, 4) is 17.4 Å². The summed E-state index contributed by atoms with van der Waals surface area (Å²) in [5.74, 6) is 1.66. The van der Waals surface area contributed by atoms with Crippen molar-refractivity contribution in [2.75, 3.05) is 0 Å². The number of halogens is 1. The van der Waals surface area contributed by atoms with Gasteiger partial charge in [0.05, 0.1) is 0 Å². The monoisotopic (exact) mass is 276 g/mol. The largest absolute Gasteiger partial charge is 0.483 e. The van der Waals surface area contributed by atoms with Crippen LogP contribution in [0.1, 0.15) is 19.4 Å². The Hall–Kier alpha value is -1.81. The minimum absolute atomic E-state index is 0.214. The van der Waals surface area contributed by atoms with E-state index in [0.29, 0.717) is 5.75 Å². The Labute approximate surface area is 116 Å². The first kappa shape index (κ1) is 12.2. The zero-order chi connectivity index (χ0) is 13.5. The number of fused-ring (bicyclic) bond motifs is 1. The molecule has 5 heteroatoms. The van der Waals surface area contributed by atoms with E-state index >= 15 is 0 Å². The Bertz CT molecular complexity index is 629. The number of aromatic nitrogens is 2. The number of rotatable bonds is 2. The Morgan fingerprint density at radius 3 is 2.84 bits per heavy atom. The quantitative estimate of drug-likeness (QED) is 0.840. The minimum Gasteiger partial charge on any atom is -0.483 e. The molecule has 1 aromatic carbocycles. The van der Waals surface area contributed by atoms with E-state index in [1.165, 1.54) is 12.4 Å². The molecule has 0 N–H and O–H groups in total. The summed E-state index contributed by atoms with van der Waals surface area (Å²) in [6.07, 6.45) is 3.91. The summed E-state index contributed by atoms with van der Waals surface area (Å²) in [7, 11) is 0. The van der Waals surface area contributed by atoms with E-state index in [1.54, 1.807) is 0 Å². The molecule has 0 saturated heterocycles. The van der Waals surface area contributed by atoms with Gasteiger partial charge >= 0.3 is 0 Å². The molecule has 4 nitrogen and oxygen atoms in total. The van der Waals surface area contributed by atoms with E-state index < -0.39 is 0 Å². The van der Waals surface area contributed by atoms with Gasteiger partial charge in [-0.25, -0.2) is 9.97 Å². The highest BCUT2D eigenvalue weighted by molar-refractivity contribution is 6.30. The first-order chi connectivity index (χ1) is 9.05. The molecule has 19 heavy (non-hydrogen) atoms. The summed E-state index contributed by atoms with van der Waals surface area (Å²) >= 11 is 5.94. The molecule has 0 atom stereocenters. The van der Waals surface area contributed by atoms with E-state index in [-0.39, 0.29) is 16.6 Å². The predicted molar refractivity (Wildman–Crippen MR) is 72.0 cm³/mol. The average Bonchev–Trinajstić information content (AvgIpc) is 2.67. The van der Waals surface area contributed by atoms with Gasteiger partial charge in [-0.05, 0) is 19.9 Å². The van der Waals surface area contributed by atoms with Crippen LogP contribution in [0.2, 0.25) is 5.15 Å². The van der Waals surface area contributed by atoms with Crippen LogP contribution in [-0.4, -0.2) is 15.6 Å². The SMILES string of the molecule is CC1(C)Cc2cccc(Oc3nccnc3Cl)c2O1. The lowest BCUT2D eigenvalue weighted by Gasteiger charge is -2.18. The van der Waals surface area contributed by atoms with Crippen LogP contribution in [0.4, 0.5) is 0 Å². The fourth-order valence-electron chi connectivity index (χ4n) is 2.15. The van der Waals surface area contributed by atoms with Crippen molar-refractivity contribution in [2.24, 2.45) is 0 Å². The van der Waals surface area contributed by atoms with Crippen molar-refractivity contribution >= 4 is 11.6 Å². The van der Waals surface area contributed by atoms with Gasteiger partial charge in [0.15, 0.2) is 16.7 Å². The van der Waals surface area contributed by atoms with Crippen LogP contribution < -0.4 is 9.47 Å². The third-order valence-corrected chi connectivity index (χ3v) is 3.14. The minimum atomic E-state index is -0.214. The summed E-state index contributed by atoms with van der Waals surface area (Å²) in [5.41, 5.74) is 0.913. The van der Waals surface area contributed by atoms with Gasteiger partial charge in [-0.1, -0.05) is 23.7 Å². The molecular weight excluding hydrogens is 264 g/mol. The van der Waals surface area contributed by atoms with Gasteiger partial charge in [0.2, 0.25) is 0 Å². The topological polar surface area (TPSA) is 44.2 Å². The Balaban J connectivity index is 1.96. The van der Waals surface area contributed by atoms with E-state index in [2.05, 4.69) is 9.97 Å². The maximum atomic E-state index is 5.94. The van der Waals surface area contributed by atoms with Gasteiger partial charge in [-0.2, -0.15) is 0 Å². The first-order valence-corrected chi connectivity index (χ1v) is 6.38. The van der Waals surface area contributed by atoms with Gasteiger partial charge in [-0.3, -0.25) is 0 Å². The van der Waals surface area contributed by atoms with E-state index in [4.69, 9.17) is 21.1 Å². The number of benzene rings is 1. The van der Waals surface area contributed by atoms with Gasteiger partial charge in [0, 0.05) is 24.4 Å². The molecule has 0 unspecified atom stereocenters. The zero-order valence-electron chi connectivity index (χ0n) is 10.7. The number of ether oxygens (including phenoxy) is 2. The molecule has 0 fully saturated rings. The van der Waals surface area contributed by atoms with Crippen LogP contribution in [0.3, 0.4) is 0 Å². The zero-order valence-corrected chi connectivity index (χ0v) is 11.4. The highest BCUT2D eigenvalue weighted by Gasteiger charge is 2.32. The molecule has 0 amide bonds. The van der Waals surface area contributed by atoms with Crippen molar-refractivity contribution in [2.45, 2.75) is 25.9 Å². The lowest BCUT2D eigenvalue weighted by Crippen LogP contribution is -2.24.